The number of hydrogen-bond donors (Lipinski definition) is 0. The standard InChI is InChI=1S/C15H20F3NO2/c1-11-5-6-12(21-11)7-8-13(20)19(9-14(2,3)4)10-15(16,17)18/h5-8H,9-10H2,1-4H3/b8-7+. The van der Waals surface area contributed by atoms with Crippen LogP contribution in [0.3, 0.4) is 0 Å². The molecule has 0 aromatic carbocycles. The first-order chi connectivity index (χ1) is 9.46. The number of halogens is 3. The molecule has 0 unspecified atom stereocenters. The zero-order valence-corrected chi connectivity index (χ0v) is 12.6. The second-order valence-corrected chi connectivity index (χ2v) is 6.15. The number of hydrogen-bond acceptors (Lipinski definition) is 2. The van der Waals surface area contributed by atoms with Crippen molar-refractivity contribution < 1.29 is 22.4 Å². The maximum atomic E-state index is 12.6. The summed E-state index contributed by atoms with van der Waals surface area (Å²) < 4.78 is 42.9. The zero-order chi connectivity index (χ0) is 16.3. The molecule has 0 spiro atoms. The fourth-order valence-electron chi connectivity index (χ4n) is 1.80. The van der Waals surface area contributed by atoms with Gasteiger partial charge in [0.15, 0.2) is 0 Å². The quantitative estimate of drug-likeness (QED) is 0.787. The van der Waals surface area contributed by atoms with E-state index in [1.54, 1.807) is 39.8 Å². The van der Waals surface area contributed by atoms with Crippen LogP contribution in [0.1, 0.15) is 32.3 Å². The van der Waals surface area contributed by atoms with Crippen LogP contribution in [-0.4, -0.2) is 30.1 Å². The van der Waals surface area contributed by atoms with E-state index in [9.17, 15) is 18.0 Å². The fourth-order valence-corrected chi connectivity index (χ4v) is 1.80. The van der Waals surface area contributed by atoms with Gasteiger partial charge in [-0.2, -0.15) is 13.2 Å². The molecule has 0 radical (unpaired) electrons. The highest BCUT2D eigenvalue weighted by Crippen LogP contribution is 2.22. The Morgan fingerprint density at radius 1 is 1.24 bits per heavy atom. The molecule has 0 aliphatic heterocycles. The van der Waals surface area contributed by atoms with E-state index in [4.69, 9.17) is 4.42 Å². The minimum absolute atomic E-state index is 0.0207. The van der Waals surface area contributed by atoms with Gasteiger partial charge >= 0.3 is 6.18 Å². The molecule has 1 aromatic heterocycles. The summed E-state index contributed by atoms with van der Waals surface area (Å²) in [5.41, 5.74) is -0.421. The molecule has 118 valence electrons. The summed E-state index contributed by atoms with van der Waals surface area (Å²) in [6.45, 7) is 5.85. The number of carbonyl (C=O) groups is 1. The average Bonchev–Trinajstić information content (AvgIpc) is 2.67. The molecule has 1 amide bonds. The summed E-state index contributed by atoms with van der Waals surface area (Å²) in [4.78, 5) is 12.8. The normalized spacial score (nSPS) is 12.9. The molecule has 0 fully saturated rings. The van der Waals surface area contributed by atoms with E-state index >= 15 is 0 Å². The van der Waals surface area contributed by atoms with Gasteiger partial charge in [-0.15, -0.1) is 0 Å². The highest BCUT2D eigenvalue weighted by Gasteiger charge is 2.34. The summed E-state index contributed by atoms with van der Waals surface area (Å²) in [5.74, 6) is 0.420. The minimum atomic E-state index is -4.42. The third-order valence-electron chi connectivity index (χ3n) is 2.50. The number of rotatable bonds is 4. The average molecular weight is 303 g/mol. The number of alkyl halides is 3. The lowest BCUT2D eigenvalue weighted by Gasteiger charge is -2.29. The first-order valence-electron chi connectivity index (χ1n) is 6.56. The SMILES string of the molecule is Cc1ccc(/C=C/C(=O)N(CC(C)(C)C)CC(F)(F)F)o1. The molecule has 0 bridgehead atoms. The molecule has 0 N–H and O–H groups in total. The Labute approximate surface area is 122 Å². The lowest BCUT2D eigenvalue weighted by molar-refractivity contribution is -0.160. The van der Waals surface area contributed by atoms with Gasteiger partial charge in [0, 0.05) is 12.6 Å². The Bertz CT molecular complexity index is 494. The van der Waals surface area contributed by atoms with Gasteiger partial charge in [0.05, 0.1) is 0 Å². The van der Waals surface area contributed by atoms with Crippen LogP contribution in [0.15, 0.2) is 22.6 Å². The van der Waals surface area contributed by atoms with E-state index < -0.39 is 24.0 Å². The largest absolute Gasteiger partial charge is 0.462 e. The van der Waals surface area contributed by atoms with Gasteiger partial charge in [0.1, 0.15) is 18.1 Å². The van der Waals surface area contributed by atoms with Crippen molar-refractivity contribution in [2.75, 3.05) is 13.1 Å². The van der Waals surface area contributed by atoms with Crippen LogP contribution in [0.5, 0.6) is 0 Å². The van der Waals surface area contributed by atoms with Gasteiger partial charge < -0.3 is 9.32 Å². The molecule has 0 aliphatic rings. The Kier molecular flexibility index (Phi) is 5.25. The first kappa shape index (κ1) is 17.3. The van der Waals surface area contributed by atoms with E-state index in [2.05, 4.69) is 0 Å². The number of furan rings is 1. The van der Waals surface area contributed by atoms with Crippen molar-refractivity contribution in [2.45, 2.75) is 33.9 Å². The van der Waals surface area contributed by atoms with Crippen molar-refractivity contribution >= 4 is 12.0 Å². The molecular weight excluding hydrogens is 283 g/mol. The maximum absolute atomic E-state index is 12.6. The van der Waals surface area contributed by atoms with Gasteiger partial charge in [-0.25, -0.2) is 0 Å². The van der Waals surface area contributed by atoms with Gasteiger partial charge in [-0.3, -0.25) is 4.79 Å². The van der Waals surface area contributed by atoms with E-state index in [1.165, 1.54) is 6.08 Å². The highest BCUT2D eigenvalue weighted by molar-refractivity contribution is 5.91. The maximum Gasteiger partial charge on any atom is 0.406 e. The molecule has 0 aliphatic carbocycles. The van der Waals surface area contributed by atoms with E-state index in [1.807, 2.05) is 0 Å². The number of amides is 1. The summed E-state index contributed by atoms with van der Waals surface area (Å²) in [7, 11) is 0. The van der Waals surface area contributed by atoms with Crippen LogP contribution in [0.4, 0.5) is 13.2 Å². The predicted octanol–water partition coefficient (Wildman–Crippen LogP) is 4.04. The van der Waals surface area contributed by atoms with Crippen LogP contribution in [-0.2, 0) is 4.79 Å². The first-order valence-corrected chi connectivity index (χ1v) is 6.56. The lowest BCUT2D eigenvalue weighted by Crippen LogP contribution is -2.42. The minimum Gasteiger partial charge on any atom is -0.462 e. The monoisotopic (exact) mass is 303 g/mol. The van der Waals surface area contributed by atoms with Gasteiger partial charge in [-0.1, -0.05) is 20.8 Å². The second-order valence-electron chi connectivity index (χ2n) is 6.15. The van der Waals surface area contributed by atoms with Crippen molar-refractivity contribution in [1.82, 2.24) is 4.90 Å². The van der Waals surface area contributed by atoms with Crippen molar-refractivity contribution in [3.05, 3.63) is 29.7 Å². The number of nitrogens with zero attached hydrogens (tertiary/aromatic N) is 1. The molecule has 21 heavy (non-hydrogen) atoms. The van der Waals surface area contributed by atoms with Crippen LogP contribution >= 0.6 is 0 Å². The van der Waals surface area contributed by atoms with Gasteiger partial charge in [0.2, 0.25) is 5.91 Å². The van der Waals surface area contributed by atoms with Crippen LogP contribution in [0.25, 0.3) is 6.08 Å². The lowest BCUT2D eigenvalue weighted by atomic mass is 9.96. The molecule has 0 saturated heterocycles. The molecular formula is C15H20F3NO2. The summed E-state index contributed by atoms with van der Waals surface area (Å²) in [5, 5.41) is 0. The highest BCUT2D eigenvalue weighted by atomic mass is 19.4. The van der Waals surface area contributed by atoms with Gasteiger partial charge in [-0.05, 0) is 30.5 Å². The molecule has 1 rings (SSSR count). The summed E-state index contributed by atoms with van der Waals surface area (Å²) in [6.07, 6.45) is -1.94. The van der Waals surface area contributed by atoms with E-state index in [0.717, 1.165) is 11.0 Å². The van der Waals surface area contributed by atoms with Crippen molar-refractivity contribution in [1.29, 1.82) is 0 Å². The molecule has 1 heterocycles. The summed E-state index contributed by atoms with van der Waals surface area (Å²) in [6, 6.07) is 3.36. The smallest absolute Gasteiger partial charge is 0.406 e. The fraction of sp³-hybridized carbons (Fsp3) is 0.533. The van der Waals surface area contributed by atoms with Crippen LogP contribution < -0.4 is 0 Å². The molecule has 1 aromatic rings. The molecule has 0 saturated carbocycles. The molecule has 6 heteroatoms. The van der Waals surface area contributed by atoms with Crippen molar-refractivity contribution in [3.8, 4) is 0 Å². The predicted molar refractivity (Wildman–Crippen MR) is 74.6 cm³/mol. The van der Waals surface area contributed by atoms with Gasteiger partial charge in [0.25, 0.3) is 0 Å². The topological polar surface area (TPSA) is 33.5 Å². The van der Waals surface area contributed by atoms with E-state index in [-0.39, 0.29) is 6.54 Å². The number of carbonyl (C=O) groups excluding carboxylic acids is 1. The third kappa shape index (κ3) is 7.02. The molecule has 3 nitrogen and oxygen atoms in total. The van der Waals surface area contributed by atoms with Crippen LogP contribution in [0, 0.1) is 12.3 Å². The van der Waals surface area contributed by atoms with Crippen LogP contribution in [0.2, 0.25) is 0 Å². The Morgan fingerprint density at radius 2 is 1.86 bits per heavy atom. The van der Waals surface area contributed by atoms with E-state index in [0.29, 0.717) is 11.5 Å². The van der Waals surface area contributed by atoms with Crippen molar-refractivity contribution in [3.63, 3.8) is 0 Å². The Morgan fingerprint density at radius 3 is 2.29 bits per heavy atom. The number of aryl methyl sites for hydroxylation is 1. The summed E-state index contributed by atoms with van der Waals surface area (Å²) >= 11 is 0. The molecule has 0 atom stereocenters. The Balaban J connectivity index is 2.81. The zero-order valence-electron chi connectivity index (χ0n) is 12.6. The Hall–Kier alpha value is -1.72. The third-order valence-corrected chi connectivity index (χ3v) is 2.50. The van der Waals surface area contributed by atoms with Crippen molar-refractivity contribution in [2.24, 2.45) is 5.41 Å². The second kappa shape index (κ2) is 6.37.